The molecule has 1 aromatic carbocycles. The third kappa shape index (κ3) is 7.32. The summed E-state index contributed by atoms with van der Waals surface area (Å²) in [6.45, 7) is 2.03. The molecule has 0 amide bonds. The smallest absolute Gasteiger partial charge is 0.330 e. The van der Waals surface area contributed by atoms with Gasteiger partial charge >= 0.3 is 5.69 Å². The van der Waals surface area contributed by atoms with Crippen molar-refractivity contribution in [3.63, 3.8) is 0 Å². The molecular formula is C22H31N3O6S. The number of H-pyrrole nitrogens is 1. The van der Waals surface area contributed by atoms with Gasteiger partial charge in [0.15, 0.2) is 0 Å². The van der Waals surface area contributed by atoms with Crippen LogP contribution in [0.4, 0.5) is 0 Å². The first-order chi connectivity index (χ1) is 15.4. The van der Waals surface area contributed by atoms with Crippen LogP contribution in [-0.2, 0) is 21.5 Å². The molecule has 1 aromatic heterocycles. The highest BCUT2D eigenvalue weighted by atomic mass is 32.2. The molecule has 1 aliphatic rings. The number of aromatic amines is 1. The van der Waals surface area contributed by atoms with Gasteiger partial charge in [0, 0.05) is 24.9 Å². The molecule has 0 spiro atoms. The van der Waals surface area contributed by atoms with Crippen LogP contribution in [0.1, 0.15) is 57.1 Å². The fourth-order valence-electron chi connectivity index (χ4n) is 3.73. The topological polar surface area (TPSA) is 119 Å². The van der Waals surface area contributed by atoms with Crippen molar-refractivity contribution in [2.45, 2.75) is 64.3 Å². The highest BCUT2D eigenvalue weighted by Gasteiger charge is 2.20. The first-order valence-corrected chi connectivity index (χ1v) is 12.7. The second-order valence-corrected chi connectivity index (χ2v) is 9.84. The van der Waals surface area contributed by atoms with Crippen molar-refractivity contribution in [2.24, 2.45) is 0 Å². The van der Waals surface area contributed by atoms with Crippen molar-refractivity contribution in [3.05, 3.63) is 62.9 Å². The Bertz CT molecular complexity index is 1090. The Labute approximate surface area is 187 Å². The zero-order valence-electron chi connectivity index (χ0n) is 18.3. The summed E-state index contributed by atoms with van der Waals surface area (Å²) in [4.78, 5) is 24.8. The molecule has 1 atom stereocenters. The van der Waals surface area contributed by atoms with Crippen molar-refractivity contribution in [3.8, 4) is 5.75 Å². The van der Waals surface area contributed by atoms with Gasteiger partial charge in [-0.15, -0.1) is 0 Å². The molecule has 1 fully saturated rings. The summed E-state index contributed by atoms with van der Waals surface area (Å²) in [6.07, 6.45) is 6.96. The summed E-state index contributed by atoms with van der Waals surface area (Å²) in [7, 11) is -3.52. The van der Waals surface area contributed by atoms with Crippen LogP contribution in [0.15, 0.2) is 46.1 Å². The summed E-state index contributed by atoms with van der Waals surface area (Å²) in [5, 5.41) is 0. The molecule has 1 unspecified atom stereocenters. The Morgan fingerprint density at radius 1 is 1.22 bits per heavy atom. The summed E-state index contributed by atoms with van der Waals surface area (Å²) < 4.78 is 40.5. The lowest BCUT2D eigenvalue weighted by Gasteiger charge is -2.19. The van der Waals surface area contributed by atoms with E-state index in [2.05, 4.69) is 9.71 Å². The Hall–Kier alpha value is -2.43. The number of benzene rings is 1. The van der Waals surface area contributed by atoms with Gasteiger partial charge < -0.3 is 9.47 Å². The minimum Gasteiger partial charge on any atom is -0.490 e. The van der Waals surface area contributed by atoms with E-state index in [9.17, 15) is 18.0 Å². The molecule has 1 heterocycles. The van der Waals surface area contributed by atoms with Crippen LogP contribution in [-0.4, -0.2) is 36.4 Å². The molecule has 0 radical (unpaired) electrons. The lowest BCUT2D eigenvalue weighted by molar-refractivity contribution is 0.0744. The number of hydrogen-bond donors (Lipinski definition) is 2. The fraction of sp³-hybridized carbons (Fsp3) is 0.545. The molecule has 0 aliphatic heterocycles. The van der Waals surface area contributed by atoms with E-state index in [1.54, 1.807) is 0 Å². The molecule has 2 N–H and O–H groups in total. The van der Waals surface area contributed by atoms with E-state index in [0.29, 0.717) is 6.42 Å². The number of rotatable bonds is 12. The molecule has 1 saturated carbocycles. The Morgan fingerprint density at radius 2 is 2.00 bits per heavy atom. The zero-order chi connectivity index (χ0) is 23.0. The van der Waals surface area contributed by atoms with Crippen LogP contribution in [0.2, 0.25) is 0 Å². The number of nitrogens with one attached hydrogen (secondary N) is 2. The highest BCUT2D eigenvalue weighted by molar-refractivity contribution is 7.89. The van der Waals surface area contributed by atoms with E-state index in [1.807, 2.05) is 31.2 Å². The molecule has 32 heavy (non-hydrogen) atoms. The molecule has 176 valence electrons. The minimum absolute atomic E-state index is 0.0611. The largest absolute Gasteiger partial charge is 0.490 e. The van der Waals surface area contributed by atoms with Gasteiger partial charge in [-0.1, -0.05) is 19.1 Å². The van der Waals surface area contributed by atoms with Crippen LogP contribution in [0.3, 0.4) is 0 Å². The predicted octanol–water partition coefficient (Wildman–Crippen LogP) is 2.29. The average molecular weight is 466 g/mol. The maximum Gasteiger partial charge on any atom is 0.330 e. The van der Waals surface area contributed by atoms with Crippen molar-refractivity contribution in [1.29, 1.82) is 0 Å². The van der Waals surface area contributed by atoms with Gasteiger partial charge in [0.1, 0.15) is 12.5 Å². The van der Waals surface area contributed by atoms with Crippen LogP contribution >= 0.6 is 0 Å². The van der Waals surface area contributed by atoms with Gasteiger partial charge in [-0.05, 0) is 56.2 Å². The van der Waals surface area contributed by atoms with Crippen LogP contribution < -0.4 is 20.7 Å². The van der Waals surface area contributed by atoms with Crippen LogP contribution in [0.5, 0.6) is 5.75 Å². The van der Waals surface area contributed by atoms with Crippen LogP contribution in [0.25, 0.3) is 0 Å². The third-order valence-electron chi connectivity index (χ3n) is 5.42. The van der Waals surface area contributed by atoms with E-state index in [1.165, 1.54) is 29.7 Å². The minimum atomic E-state index is -3.52. The quantitative estimate of drug-likeness (QED) is 0.464. The Morgan fingerprint density at radius 3 is 2.72 bits per heavy atom. The number of aromatic nitrogens is 2. The normalized spacial score (nSPS) is 15.7. The van der Waals surface area contributed by atoms with Crippen molar-refractivity contribution < 1.29 is 17.9 Å². The second kappa shape index (κ2) is 11.4. The van der Waals surface area contributed by atoms with Crippen molar-refractivity contribution in [1.82, 2.24) is 14.3 Å². The summed E-state index contributed by atoms with van der Waals surface area (Å²) in [5.41, 5.74) is -0.179. The van der Waals surface area contributed by atoms with Gasteiger partial charge in [0.25, 0.3) is 5.56 Å². The molecular weight excluding hydrogens is 434 g/mol. The molecule has 1 aliphatic carbocycles. The first kappa shape index (κ1) is 24.2. The standard InChI is InChI=1S/C22H31N3O6S/c1-2-20(17-7-5-10-19(15-17)31-18-8-3-4-9-18)24-32(28,29)14-6-13-30-16-25-12-11-21(26)23-22(25)27/h5,7,10-12,15,18,20,24H,2-4,6,8-9,13-14,16H2,1H3,(H,23,26,27). The number of nitrogens with zero attached hydrogens (tertiary/aromatic N) is 1. The SMILES string of the molecule is CCC(NS(=O)(=O)CCCOCn1ccc(=O)[nH]c1=O)c1cccc(OC2CCCC2)c1. The molecule has 2 aromatic rings. The van der Waals surface area contributed by atoms with E-state index >= 15 is 0 Å². The van der Waals surface area contributed by atoms with Crippen LogP contribution in [0, 0.1) is 0 Å². The zero-order valence-corrected chi connectivity index (χ0v) is 19.1. The molecule has 10 heteroatoms. The highest BCUT2D eigenvalue weighted by Crippen LogP contribution is 2.27. The fourth-order valence-corrected chi connectivity index (χ4v) is 5.08. The van der Waals surface area contributed by atoms with Gasteiger partial charge in [-0.25, -0.2) is 17.9 Å². The molecule has 0 bridgehead atoms. The summed E-state index contributed by atoms with van der Waals surface area (Å²) in [5.74, 6) is 0.681. The van der Waals surface area contributed by atoms with E-state index in [4.69, 9.17) is 9.47 Å². The predicted molar refractivity (Wildman–Crippen MR) is 121 cm³/mol. The number of sulfonamides is 1. The summed E-state index contributed by atoms with van der Waals surface area (Å²) in [6, 6.07) is 8.51. The van der Waals surface area contributed by atoms with Gasteiger partial charge in [0.2, 0.25) is 10.0 Å². The summed E-state index contributed by atoms with van der Waals surface area (Å²) >= 11 is 0. The van der Waals surface area contributed by atoms with Crippen molar-refractivity contribution in [2.75, 3.05) is 12.4 Å². The molecule has 9 nitrogen and oxygen atoms in total. The molecule has 0 saturated heterocycles. The third-order valence-corrected chi connectivity index (χ3v) is 6.89. The lowest BCUT2D eigenvalue weighted by Crippen LogP contribution is -2.31. The average Bonchev–Trinajstić information content (AvgIpc) is 3.26. The van der Waals surface area contributed by atoms with E-state index in [0.717, 1.165) is 24.2 Å². The van der Waals surface area contributed by atoms with Crippen molar-refractivity contribution >= 4 is 10.0 Å². The maximum atomic E-state index is 12.6. The monoisotopic (exact) mass is 465 g/mol. The van der Waals surface area contributed by atoms with E-state index < -0.39 is 21.3 Å². The number of ether oxygens (including phenoxy) is 2. The van der Waals surface area contributed by atoms with Gasteiger partial charge in [-0.3, -0.25) is 14.3 Å². The Kier molecular flexibility index (Phi) is 8.66. The maximum absolute atomic E-state index is 12.6. The molecule has 3 rings (SSSR count). The van der Waals surface area contributed by atoms with Gasteiger partial charge in [0.05, 0.1) is 11.9 Å². The number of hydrogen-bond acceptors (Lipinski definition) is 6. The van der Waals surface area contributed by atoms with Gasteiger partial charge in [-0.2, -0.15) is 0 Å². The second-order valence-electron chi connectivity index (χ2n) is 7.97. The lowest BCUT2D eigenvalue weighted by atomic mass is 10.1. The van der Waals surface area contributed by atoms with E-state index in [-0.39, 0.29) is 37.7 Å². The first-order valence-electron chi connectivity index (χ1n) is 11.0. The Balaban J connectivity index is 1.48.